The summed E-state index contributed by atoms with van der Waals surface area (Å²) in [5.41, 5.74) is -1.94. The fourth-order valence-electron chi connectivity index (χ4n) is 1.84. The summed E-state index contributed by atoms with van der Waals surface area (Å²) in [6.45, 7) is -1.94. The first kappa shape index (κ1) is 17.3. The quantitative estimate of drug-likeness (QED) is 0.890. The monoisotopic (exact) mass is 370 g/mol. The maximum absolute atomic E-state index is 13.7. The van der Waals surface area contributed by atoms with Crippen LogP contribution < -0.4 is 10.4 Å². The van der Waals surface area contributed by atoms with Gasteiger partial charge >= 0.3 is 12.2 Å². The Kier molecular flexibility index (Phi) is 4.44. The van der Waals surface area contributed by atoms with Gasteiger partial charge < -0.3 is 0 Å². The van der Waals surface area contributed by atoms with Crippen molar-refractivity contribution >= 4 is 27.3 Å². The smallest absolute Gasteiger partial charge is 0.281 e. The number of benzene rings is 1. The predicted octanol–water partition coefficient (Wildman–Crippen LogP) is 1.90. The molecule has 1 N–H and O–H groups in total. The first-order chi connectivity index (χ1) is 10.5. The van der Waals surface area contributed by atoms with Gasteiger partial charge in [-0.15, -0.1) is 5.10 Å². The molecule has 0 saturated carbocycles. The molecule has 0 saturated heterocycles. The number of alkyl halides is 2. The van der Waals surface area contributed by atoms with E-state index < -0.39 is 33.8 Å². The van der Waals surface area contributed by atoms with Crippen LogP contribution >= 0.6 is 11.6 Å². The van der Waals surface area contributed by atoms with E-state index >= 15 is 0 Å². The third-order valence-corrected chi connectivity index (χ3v) is 3.63. The highest BCUT2D eigenvalue weighted by molar-refractivity contribution is 7.92. The second-order valence-corrected chi connectivity index (χ2v) is 6.70. The van der Waals surface area contributed by atoms with Gasteiger partial charge in [-0.2, -0.15) is 13.5 Å². The zero-order chi connectivity index (χ0) is 17.5. The summed E-state index contributed by atoms with van der Waals surface area (Å²) in [5, 5.41) is 3.33. The Morgan fingerprint density at radius 1 is 1.35 bits per heavy atom. The Bertz CT molecular complexity index is 923. The van der Waals surface area contributed by atoms with Crippen LogP contribution in [0.25, 0.3) is 5.69 Å². The van der Waals surface area contributed by atoms with E-state index in [0.717, 1.165) is 18.4 Å². The Labute approximate surface area is 133 Å². The topological polar surface area (TPSA) is 86.0 Å². The standard InChI is InChI=1S/C11H10ClF3N4O3S/c1-5-16-19(11(20)18(5)10(14)15)9-4-8(17-23(2,21)22)7(13)3-6(9)12/h3-4,10,17H,1-2H3. The van der Waals surface area contributed by atoms with Crippen molar-refractivity contribution < 1.29 is 21.6 Å². The zero-order valence-electron chi connectivity index (χ0n) is 11.7. The van der Waals surface area contributed by atoms with Gasteiger partial charge in [0, 0.05) is 0 Å². The van der Waals surface area contributed by atoms with Gasteiger partial charge in [0.05, 0.1) is 22.7 Å². The molecule has 0 aliphatic heterocycles. The van der Waals surface area contributed by atoms with Crippen LogP contribution in [0.2, 0.25) is 5.02 Å². The number of aromatic nitrogens is 3. The maximum atomic E-state index is 13.7. The lowest BCUT2D eigenvalue weighted by molar-refractivity contribution is 0.0640. The van der Waals surface area contributed by atoms with Crippen LogP contribution in [0.4, 0.5) is 18.9 Å². The molecule has 2 aromatic rings. The maximum Gasteiger partial charge on any atom is 0.355 e. The molecule has 12 heteroatoms. The molecule has 0 fully saturated rings. The summed E-state index contributed by atoms with van der Waals surface area (Å²) < 4.78 is 64.3. The van der Waals surface area contributed by atoms with Gasteiger partial charge in [-0.25, -0.2) is 22.2 Å². The molecule has 0 radical (unpaired) electrons. The van der Waals surface area contributed by atoms with Gasteiger partial charge in [-0.3, -0.25) is 4.72 Å². The Morgan fingerprint density at radius 3 is 2.43 bits per heavy atom. The highest BCUT2D eigenvalue weighted by Crippen LogP contribution is 2.27. The summed E-state index contributed by atoms with van der Waals surface area (Å²) in [7, 11) is -3.80. The minimum atomic E-state index is -3.80. The lowest BCUT2D eigenvalue weighted by atomic mass is 10.2. The molecule has 2 rings (SSSR count). The molecule has 1 aromatic heterocycles. The summed E-state index contributed by atoms with van der Waals surface area (Å²) in [5.74, 6) is -1.29. The molecule has 0 atom stereocenters. The summed E-state index contributed by atoms with van der Waals surface area (Å²) in [6.07, 6.45) is 0.794. The van der Waals surface area contributed by atoms with E-state index in [1.165, 1.54) is 6.92 Å². The number of rotatable bonds is 4. The van der Waals surface area contributed by atoms with E-state index in [2.05, 4.69) is 5.10 Å². The third kappa shape index (κ3) is 3.50. The molecule has 0 amide bonds. The number of aryl methyl sites for hydroxylation is 1. The van der Waals surface area contributed by atoms with Crippen LogP contribution in [-0.2, 0) is 10.0 Å². The SMILES string of the molecule is Cc1nn(-c2cc(NS(C)(=O)=O)c(F)cc2Cl)c(=O)n1C(F)F. The average molecular weight is 371 g/mol. The number of anilines is 1. The van der Waals surface area contributed by atoms with Crippen molar-refractivity contribution in [3.05, 3.63) is 39.3 Å². The van der Waals surface area contributed by atoms with Crippen LogP contribution in [0.5, 0.6) is 0 Å². The van der Waals surface area contributed by atoms with Crippen LogP contribution in [-0.4, -0.2) is 29.0 Å². The van der Waals surface area contributed by atoms with Gasteiger partial charge in [-0.1, -0.05) is 11.6 Å². The van der Waals surface area contributed by atoms with Crippen LogP contribution in [0, 0.1) is 12.7 Å². The zero-order valence-corrected chi connectivity index (χ0v) is 13.3. The fraction of sp³-hybridized carbons (Fsp3) is 0.273. The number of nitrogens with one attached hydrogen (secondary N) is 1. The molecule has 23 heavy (non-hydrogen) atoms. The number of nitrogens with zero attached hydrogens (tertiary/aromatic N) is 3. The molecule has 0 aliphatic rings. The number of sulfonamides is 1. The largest absolute Gasteiger partial charge is 0.355 e. The first-order valence-corrected chi connectivity index (χ1v) is 8.21. The van der Waals surface area contributed by atoms with Gasteiger partial charge in [0.1, 0.15) is 11.6 Å². The molecule has 126 valence electrons. The third-order valence-electron chi connectivity index (χ3n) is 2.74. The lowest BCUT2D eigenvalue weighted by Gasteiger charge is -2.09. The molecule has 1 heterocycles. The van der Waals surface area contributed by atoms with Crippen molar-refractivity contribution in [1.82, 2.24) is 14.3 Å². The average Bonchev–Trinajstić information content (AvgIpc) is 2.66. The highest BCUT2D eigenvalue weighted by Gasteiger charge is 2.21. The van der Waals surface area contributed by atoms with Crippen LogP contribution in [0.15, 0.2) is 16.9 Å². The van der Waals surface area contributed by atoms with Gasteiger partial charge in [0.2, 0.25) is 10.0 Å². The molecule has 0 unspecified atom stereocenters. The predicted molar refractivity (Wildman–Crippen MR) is 77.2 cm³/mol. The Hall–Kier alpha value is -2.01. The van der Waals surface area contributed by atoms with Crippen molar-refractivity contribution in [2.75, 3.05) is 11.0 Å². The number of halogens is 4. The minimum absolute atomic E-state index is 0.114. The van der Waals surface area contributed by atoms with E-state index in [1.54, 1.807) is 0 Å². The summed E-state index contributed by atoms with van der Waals surface area (Å²) >= 11 is 5.81. The molecule has 0 bridgehead atoms. The van der Waals surface area contributed by atoms with E-state index in [9.17, 15) is 26.4 Å². The molecule has 7 nitrogen and oxygen atoms in total. The van der Waals surface area contributed by atoms with Crippen molar-refractivity contribution in [1.29, 1.82) is 0 Å². The highest BCUT2D eigenvalue weighted by atomic mass is 35.5. The Balaban J connectivity index is 2.68. The van der Waals surface area contributed by atoms with Crippen LogP contribution in [0.3, 0.4) is 0 Å². The van der Waals surface area contributed by atoms with Gasteiger partial charge in [0.15, 0.2) is 0 Å². The molecular formula is C11H10ClF3N4O3S. The van der Waals surface area contributed by atoms with E-state index in [4.69, 9.17) is 11.6 Å². The van der Waals surface area contributed by atoms with Crippen molar-refractivity contribution in [3.8, 4) is 5.69 Å². The molecule has 0 aliphatic carbocycles. The molecule has 0 spiro atoms. The minimum Gasteiger partial charge on any atom is -0.281 e. The van der Waals surface area contributed by atoms with Gasteiger partial charge in [0.25, 0.3) is 0 Å². The van der Waals surface area contributed by atoms with Crippen molar-refractivity contribution in [2.45, 2.75) is 13.5 Å². The Morgan fingerprint density at radius 2 is 1.96 bits per heavy atom. The van der Waals surface area contributed by atoms with Gasteiger partial charge in [-0.05, 0) is 19.1 Å². The number of hydrogen-bond acceptors (Lipinski definition) is 4. The van der Waals surface area contributed by atoms with E-state index in [0.29, 0.717) is 4.68 Å². The van der Waals surface area contributed by atoms with E-state index in [1.807, 2.05) is 4.72 Å². The lowest BCUT2D eigenvalue weighted by Crippen LogP contribution is -2.25. The second-order valence-electron chi connectivity index (χ2n) is 4.55. The first-order valence-electron chi connectivity index (χ1n) is 5.95. The molecular weight excluding hydrogens is 361 g/mol. The van der Waals surface area contributed by atoms with Crippen molar-refractivity contribution in [2.24, 2.45) is 0 Å². The fourth-order valence-corrected chi connectivity index (χ4v) is 2.62. The van der Waals surface area contributed by atoms with E-state index in [-0.39, 0.29) is 21.1 Å². The van der Waals surface area contributed by atoms with Crippen molar-refractivity contribution in [3.63, 3.8) is 0 Å². The van der Waals surface area contributed by atoms with Crippen LogP contribution in [0.1, 0.15) is 12.4 Å². The molecule has 1 aromatic carbocycles. The summed E-state index contributed by atoms with van der Waals surface area (Å²) in [4.78, 5) is 12.0. The normalized spacial score (nSPS) is 12.0. The number of hydrogen-bond donors (Lipinski definition) is 1. The summed E-state index contributed by atoms with van der Waals surface area (Å²) in [6, 6.07) is 1.63. The second kappa shape index (κ2) is 5.89.